The third kappa shape index (κ3) is 7.18. The van der Waals surface area contributed by atoms with Gasteiger partial charge >= 0.3 is 5.97 Å². The fourth-order valence-corrected chi connectivity index (χ4v) is 1.83. The number of carboxylic acids is 1. The second-order valence-corrected chi connectivity index (χ2v) is 6.18. The molecular weight excluding hydrogens is 336 g/mol. The maximum atomic E-state index is 12.0. The lowest BCUT2D eigenvalue weighted by Gasteiger charge is -2.22. The van der Waals surface area contributed by atoms with E-state index in [0.717, 1.165) is 0 Å². The van der Waals surface area contributed by atoms with Crippen molar-refractivity contribution < 1.29 is 24.3 Å². The number of thiol groups is 1. The van der Waals surface area contributed by atoms with Crippen LogP contribution in [0.4, 0.5) is 0 Å². The van der Waals surface area contributed by atoms with Crippen molar-refractivity contribution in [1.29, 1.82) is 0 Å². The molecule has 138 valence electrons. The van der Waals surface area contributed by atoms with Crippen LogP contribution in [0.2, 0.25) is 0 Å². The van der Waals surface area contributed by atoms with Crippen LogP contribution in [-0.4, -0.2) is 58.7 Å². The van der Waals surface area contributed by atoms with Crippen LogP contribution in [0, 0.1) is 5.92 Å². The Labute approximate surface area is 146 Å². The number of amides is 3. The van der Waals surface area contributed by atoms with Crippen LogP contribution in [0.25, 0.3) is 0 Å². The SMILES string of the molecule is CC(NC(=O)C(N)CS)C(=O)NC(C)C(=O)NC(C(=O)O)C(C)C. The number of carboxylic acid groups (broad SMARTS) is 1. The molecule has 6 N–H and O–H groups in total. The smallest absolute Gasteiger partial charge is 0.326 e. The molecule has 0 saturated carbocycles. The summed E-state index contributed by atoms with van der Waals surface area (Å²) < 4.78 is 0. The molecule has 0 bridgehead atoms. The molecule has 0 aliphatic heterocycles. The number of nitrogens with one attached hydrogen (secondary N) is 3. The lowest BCUT2D eigenvalue weighted by Crippen LogP contribution is -2.56. The van der Waals surface area contributed by atoms with E-state index in [-0.39, 0.29) is 11.7 Å². The molecule has 0 heterocycles. The van der Waals surface area contributed by atoms with Crippen LogP contribution in [0.5, 0.6) is 0 Å². The third-order valence-electron chi connectivity index (χ3n) is 3.27. The van der Waals surface area contributed by atoms with E-state index < -0.39 is 47.9 Å². The number of hydrogen-bond acceptors (Lipinski definition) is 6. The number of hydrogen-bond donors (Lipinski definition) is 6. The van der Waals surface area contributed by atoms with Gasteiger partial charge in [0, 0.05) is 5.75 Å². The van der Waals surface area contributed by atoms with E-state index in [1.807, 2.05) is 0 Å². The molecule has 9 nitrogen and oxygen atoms in total. The minimum Gasteiger partial charge on any atom is -0.480 e. The van der Waals surface area contributed by atoms with Crippen LogP contribution >= 0.6 is 12.6 Å². The van der Waals surface area contributed by atoms with E-state index in [4.69, 9.17) is 10.8 Å². The molecule has 4 unspecified atom stereocenters. The monoisotopic (exact) mass is 362 g/mol. The highest BCUT2D eigenvalue weighted by atomic mass is 32.1. The average molecular weight is 362 g/mol. The maximum Gasteiger partial charge on any atom is 0.326 e. The Balaban J connectivity index is 4.60. The molecule has 0 aliphatic rings. The van der Waals surface area contributed by atoms with E-state index in [9.17, 15) is 19.2 Å². The summed E-state index contributed by atoms with van der Waals surface area (Å²) in [5, 5.41) is 16.2. The summed E-state index contributed by atoms with van der Waals surface area (Å²) in [5.41, 5.74) is 5.49. The van der Waals surface area contributed by atoms with Crippen molar-refractivity contribution in [1.82, 2.24) is 16.0 Å². The third-order valence-corrected chi connectivity index (χ3v) is 3.66. The van der Waals surface area contributed by atoms with Gasteiger partial charge in [0.1, 0.15) is 18.1 Å². The number of rotatable bonds is 9. The van der Waals surface area contributed by atoms with Crippen molar-refractivity contribution in [3.8, 4) is 0 Å². The van der Waals surface area contributed by atoms with Crippen molar-refractivity contribution in [2.75, 3.05) is 5.75 Å². The highest BCUT2D eigenvalue weighted by Gasteiger charge is 2.27. The predicted molar refractivity (Wildman–Crippen MR) is 91.4 cm³/mol. The number of carbonyl (C=O) groups excluding carboxylic acids is 3. The van der Waals surface area contributed by atoms with Gasteiger partial charge in [-0.1, -0.05) is 13.8 Å². The molecule has 0 saturated heterocycles. The van der Waals surface area contributed by atoms with Crippen molar-refractivity contribution in [3.63, 3.8) is 0 Å². The Bertz CT molecular complexity index is 486. The molecule has 0 fully saturated rings. The standard InChI is InChI=1S/C14H26N4O5S/c1-6(2)10(14(22)23)18-12(20)8(4)16-11(19)7(3)17-13(21)9(15)5-24/h6-10,24H,5,15H2,1-4H3,(H,16,19)(H,17,21)(H,18,20)(H,22,23). The van der Waals surface area contributed by atoms with Crippen molar-refractivity contribution >= 4 is 36.3 Å². The zero-order chi connectivity index (χ0) is 19.0. The van der Waals surface area contributed by atoms with Crippen LogP contribution in [0.3, 0.4) is 0 Å². The van der Waals surface area contributed by atoms with Gasteiger partial charge in [-0.15, -0.1) is 0 Å². The van der Waals surface area contributed by atoms with E-state index in [0.29, 0.717) is 0 Å². The zero-order valence-electron chi connectivity index (χ0n) is 14.2. The fourth-order valence-electron chi connectivity index (χ4n) is 1.66. The molecule has 0 aliphatic carbocycles. The largest absolute Gasteiger partial charge is 0.480 e. The van der Waals surface area contributed by atoms with Gasteiger partial charge in [-0.05, 0) is 19.8 Å². The molecule has 4 atom stereocenters. The van der Waals surface area contributed by atoms with E-state index in [2.05, 4.69) is 28.6 Å². The lowest BCUT2D eigenvalue weighted by molar-refractivity contribution is -0.143. The molecule has 24 heavy (non-hydrogen) atoms. The molecule has 10 heteroatoms. The Kier molecular flexibility index (Phi) is 9.37. The van der Waals surface area contributed by atoms with Gasteiger partial charge in [0.2, 0.25) is 17.7 Å². The summed E-state index contributed by atoms with van der Waals surface area (Å²) in [6.45, 7) is 6.17. The predicted octanol–water partition coefficient (Wildman–Crippen LogP) is -1.52. The van der Waals surface area contributed by atoms with Crippen LogP contribution in [0.1, 0.15) is 27.7 Å². The topological polar surface area (TPSA) is 151 Å². The van der Waals surface area contributed by atoms with Gasteiger partial charge in [-0.3, -0.25) is 14.4 Å². The van der Waals surface area contributed by atoms with Crippen molar-refractivity contribution in [2.45, 2.75) is 51.9 Å². The molecule has 0 aromatic rings. The highest BCUT2D eigenvalue weighted by Crippen LogP contribution is 2.02. The normalized spacial score (nSPS) is 15.8. The fraction of sp³-hybridized carbons (Fsp3) is 0.714. The quantitative estimate of drug-likeness (QED) is 0.274. The molecule has 0 radical (unpaired) electrons. The molecule has 3 amide bonds. The van der Waals surface area contributed by atoms with Gasteiger partial charge in [0.05, 0.1) is 6.04 Å². The summed E-state index contributed by atoms with van der Waals surface area (Å²) in [6.07, 6.45) is 0. The Hall–Kier alpha value is -1.81. The minimum absolute atomic E-state index is 0.130. The summed E-state index contributed by atoms with van der Waals surface area (Å²) in [4.78, 5) is 46.6. The first-order chi connectivity index (χ1) is 11.0. The first-order valence-electron chi connectivity index (χ1n) is 7.51. The van der Waals surface area contributed by atoms with E-state index in [1.54, 1.807) is 13.8 Å². The first kappa shape index (κ1) is 22.2. The summed E-state index contributed by atoms with van der Waals surface area (Å²) in [5.74, 6) is -3.09. The van der Waals surface area contributed by atoms with Gasteiger partial charge in [-0.25, -0.2) is 4.79 Å². The molecule has 0 aromatic heterocycles. The summed E-state index contributed by atoms with van der Waals surface area (Å²) in [6, 6.07) is -3.76. The van der Waals surface area contributed by atoms with Gasteiger partial charge < -0.3 is 26.8 Å². The van der Waals surface area contributed by atoms with Gasteiger partial charge in [0.15, 0.2) is 0 Å². The Morgan fingerprint density at radius 1 is 0.917 bits per heavy atom. The van der Waals surface area contributed by atoms with Crippen molar-refractivity contribution in [3.05, 3.63) is 0 Å². The summed E-state index contributed by atoms with van der Waals surface area (Å²) >= 11 is 3.89. The van der Waals surface area contributed by atoms with Crippen LogP contribution in [-0.2, 0) is 19.2 Å². The van der Waals surface area contributed by atoms with E-state index in [1.165, 1.54) is 13.8 Å². The lowest BCUT2D eigenvalue weighted by atomic mass is 10.0. The van der Waals surface area contributed by atoms with Crippen LogP contribution in [0.15, 0.2) is 0 Å². The van der Waals surface area contributed by atoms with Gasteiger partial charge in [0.25, 0.3) is 0 Å². The molecule has 0 spiro atoms. The molecular formula is C14H26N4O5S. The highest BCUT2D eigenvalue weighted by molar-refractivity contribution is 7.80. The zero-order valence-corrected chi connectivity index (χ0v) is 15.1. The van der Waals surface area contributed by atoms with Crippen LogP contribution < -0.4 is 21.7 Å². The van der Waals surface area contributed by atoms with E-state index >= 15 is 0 Å². The Morgan fingerprint density at radius 2 is 1.33 bits per heavy atom. The Morgan fingerprint density at radius 3 is 1.71 bits per heavy atom. The number of carbonyl (C=O) groups is 4. The average Bonchev–Trinajstić information content (AvgIpc) is 2.50. The summed E-state index contributed by atoms with van der Waals surface area (Å²) in [7, 11) is 0. The van der Waals surface area contributed by atoms with Crippen molar-refractivity contribution in [2.24, 2.45) is 11.7 Å². The second-order valence-electron chi connectivity index (χ2n) is 5.82. The number of nitrogens with two attached hydrogens (primary N) is 1. The maximum absolute atomic E-state index is 12.0. The molecule has 0 aromatic carbocycles. The first-order valence-corrected chi connectivity index (χ1v) is 8.14. The second kappa shape index (κ2) is 10.1. The molecule has 0 rings (SSSR count). The minimum atomic E-state index is -1.15. The number of aliphatic carboxylic acids is 1. The van der Waals surface area contributed by atoms with Gasteiger partial charge in [-0.2, -0.15) is 12.6 Å².